The fourth-order valence-electron chi connectivity index (χ4n) is 3.04. The Labute approximate surface area is 173 Å². The van der Waals surface area contributed by atoms with Crippen LogP contribution >= 0.6 is 0 Å². The van der Waals surface area contributed by atoms with E-state index in [2.05, 4.69) is 15.6 Å². The van der Waals surface area contributed by atoms with Crippen LogP contribution in [0.2, 0.25) is 0 Å². The van der Waals surface area contributed by atoms with Gasteiger partial charge in [0.15, 0.2) is 6.61 Å². The van der Waals surface area contributed by atoms with Crippen molar-refractivity contribution in [3.05, 3.63) is 65.7 Å². The Hall–Kier alpha value is -3.74. The van der Waals surface area contributed by atoms with Crippen molar-refractivity contribution in [2.45, 2.75) is 25.8 Å². The molecule has 0 radical (unpaired) electrons. The number of urea groups is 1. The molecule has 3 aromatic rings. The number of nitrogens with one attached hydrogen (secondary N) is 2. The summed E-state index contributed by atoms with van der Waals surface area (Å²) < 4.78 is 5.17. The number of pyridine rings is 1. The van der Waals surface area contributed by atoms with Crippen molar-refractivity contribution in [1.29, 1.82) is 0 Å². The van der Waals surface area contributed by atoms with Gasteiger partial charge in [-0.05, 0) is 31.9 Å². The molecule has 2 aromatic carbocycles. The Bertz CT molecular complexity index is 1120. The minimum atomic E-state index is -0.682. The van der Waals surface area contributed by atoms with E-state index in [4.69, 9.17) is 4.74 Å². The third-order valence-electron chi connectivity index (χ3n) is 4.78. The maximum atomic E-state index is 12.7. The molecule has 0 saturated heterocycles. The minimum absolute atomic E-state index is 0.128. The zero-order chi connectivity index (χ0) is 21.1. The van der Waals surface area contributed by atoms with Crippen molar-refractivity contribution in [1.82, 2.24) is 15.6 Å². The number of hydrogen-bond acceptors (Lipinski definition) is 5. The number of hydrogen-bond donors (Lipinski definition) is 2. The number of carbonyl (C=O) groups is 3. The molecule has 1 saturated carbocycles. The number of benzene rings is 2. The maximum Gasteiger partial charge on any atom is 0.339 e. The van der Waals surface area contributed by atoms with Gasteiger partial charge in [0, 0.05) is 17.0 Å². The van der Waals surface area contributed by atoms with Crippen molar-refractivity contribution in [2.75, 3.05) is 6.61 Å². The summed E-state index contributed by atoms with van der Waals surface area (Å²) in [5, 5.41) is 5.43. The van der Waals surface area contributed by atoms with Crippen LogP contribution in [0.25, 0.3) is 22.2 Å². The molecule has 152 valence electrons. The van der Waals surface area contributed by atoms with Crippen LogP contribution in [-0.2, 0) is 9.53 Å². The second kappa shape index (κ2) is 8.32. The van der Waals surface area contributed by atoms with E-state index in [1.165, 1.54) is 0 Å². The largest absolute Gasteiger partial charge is 0.452 e. The van der Waals surface area contributed by atoms with Crippen LogP contribution in [0.5, 0.6) is 0 Å². The van der Waals surface area contributed by atoms with Crippen molar-refractivity contribution in [3.63, 3.8) is 0 Å². The molecular weight excluding hydrogens is 382 g/mol. The fourth-order valence-corrected chi connectivity index (χ4v) is 3.04. The molecule has 0 bridgehead atoms. The van der Waals surface area contributed by atoms with E-state index in [0.29, 0.717) is 22.2 Å². The highest BCUT2D eigenvalue weighted by Gasteiger charge is 2.24. The minimum Gasteiger partial charge on any atom is -0.452 e. The van der Waals surface area contributed by atoms with Crippen molar-refractivity contribution in [2.24, 2.45) is 0 Å². The second-order valence-corrected chi connectivity index (χ2v) is 7.31. The molecule has 0 atom stereocenters. The number of para-hydroxylation sites is 1. The Balaban J connectivity index is 1.52. The zero-order valence-electron chi connectivity index (χ0n) is 16.5. The molecule has 2 N–H and O–H groups in total. The van der Waals surface area contributed by atoms with Crippen LogP contribution < -0.4 is 10.6 Å². The average Bonchev–Trinajstić information content (AvgIpc) is 3.55. The molecule has 0 aliphatic heterocycles. The number of aromatic nitrogens is 1. The van der Waals surface area contributed by atoms with Crippen molar-refractivity contribution >= 4 is 28.8 Å². The molecule has 30 heavy (non-hydrogen) atoms. The molecule has 1 aliphatic rings. The van der Waals surface area contributed by atoms with Gasteiger partial charge in [0.1, 0.15) is 0 Å². The van der Waals surface area contributed by atoms with Gasteiger partial charge in [-0.1, -0.05) is 48.0 Å². The van der Waals surface area contributed by atoms with E-state index in [1.807, 2.05) is 43.3 Å². The molecule has 1 aromatic heterocycles. The van der Waals surface area contributed by atoms with E-state index >= 15 is 0 Å². The predicted molar refractivity (Wildman–Crippen MR) is 112 cm³/mol. The highest BCUT2D eigenvalue weighted by molar-refractivity contribution is 6.05. The normalized spacial score (nSPS) is 13.0. The number of amides is 3. The first kappa shape index (κ1) is 19.6. The number of rotatable bonds is 5. The number of carbonyl (C=O) groups excluding carboxylic acids is 3. The maximum absolute atomic E-state index is 12.7. The summed E-state index contributed by atoms with van der Waals surface area (Å²) in [4.78, 5) is 40.9. The number of esters is 1. The molecule has 4 rings (SSSR count). The second-order valence-electron chi connectivity index (χ2n) is 7.31. The summed E-state index contributed by atoms with van der Waals surface area (Å²) in [6.45, 7) is 1.45. The number of ether oxygens (including phenoxy) is 1. The van der Waals surface area contributed by atoms with Gasteiger partial charge in [-0.15, -0.1) is 0 Å². The summed E-state index contributed by atoms with van der Waals surface area (Å²) in [6, 6.07) is 16.3. The lowest BCUT2D eigenvalue weighted by atomic mass is 10.0. The van der Waals surface area contributed by atoms with Gasteiger partial charge in [0.05, 0.1) is 16.8 Å². The van der Waals surface area contributed by atoms with Gasteiger partial charge in [-0.25, -0.2) is 14.6 Å². The highest BCUT2D eigenvalue weighted by Crippen LogP contribution is 2.25. The van der Waals surface area contributed by atoms with Gasteiger partial charge in [-0.3, -0.25) is 10.1 Å². The van der Waals surface area contributed by atoms with E-state index in [1.54, 1.807) is 18.2 Å². The average molecular weight is 403 g/mol. The topological polar surface area (TPSA) is 97.4 Å². The van der Waals surface area contributed by atoms with Crippen LogP contribution in [-0.4, -0.2) is 35.5 Å². The van der Waals surface area contributed by atoms with Crippen LogP contribution in [0.1, 0.15) is 28.8 Å². The Morgan fingerprint density at radius 2 is 1.80 bits per heavy atom. The molecule has 7 nitrogen and oxygen atoms in total. The summed E-state index contributed by atoms with van der Waals surface area (Å²) in [5.74, 6) is -1.33. The molecule has 7 heteroatoms. The molecular formula is C23H21N3O4. The molecule has 1 aliphatic carbocycles. The summed E-state index contributed by atoms with van der Waals surface area (Å²) >= 11 is 0. The zero-order valence-corrected chi connectivity index (χ0v) is 16.5. The number of fused-ring (bicyclic) bond motifs is 1. The standard InChI is InChI=1S/C23H21N3O4/c1-14-6-8-15(9-7-14)20-12-18(17-4-2-3-5-19(17)25-20)22(28)30-13-21(27)26-23(29)24-16-10-11-16/h2-9,12,16H,10-11,13H2,1H3,(H2,24,26,27,29). The Morgan fingerprint density at radius 1 is 1.07 bits per heavy atom. The summed E-state index contributed by atoms with van der Waals surface area (Å²) in [7, 11) is 0. The molecule has 0 unspecified atom stereocenters. The van der Waals surface area contributed by atoms with Gasteiger partial charge in [0.25, 0.3) is 5.91 Å². The van der Waals surface area contributed by atoms with Crippen LogP contribution in [0.4, 0.5) is 4.79 Å². The van der Waals surface area contributed by atoms with Crippen LogP contribution in [0.3, 0.4) is 0 Å². The van der Waals surface area contributed by atoms with Crippen molar-refractivity contribution < 1.29 is 19.1 Å². The lowest BCUT2D eigenvalue weighted by molar-refractivity contribution is -0.123. The van der Waals surface area contributed by atoms with Crippen LogP contribution in [0, 0.1) is 6.92 Å². The fraction of sp³-hybridized carbons (Fsp3) is 0.217. The lowest BCUT2D eigenvalue weighted by Crippen LogP contribution is -2.42. The van der Waals surface area contributed by atoms with Gasteiger partial charge < -0.3 is 10.1 Å². The van der Waals surface area contributed by atoms with E-state index < -0.39 is 24.5 Å². The first-order chi connectivity index (χ1) is 14.5. The van der Waals surface area contributed by atoms with Crippen LogP contribution in [0.15, 0.2) is 54.6 Å². The summed E-state index contributed by atoms with van der Waals surface area (Å²) in [6.07, 6.45) is 1.82. The lowest BCUT2D eigenvalue weighted by Gasteiger charge is -2.10. The van der Waals surface area contributed by atoms with Gasteiger partial charge >= 0.3 is 12.0 Å². The highest BCUT2D eigenvalue weighted by atomic mass is 16.5. The Morgan fingerprint density at radius 3 is 2.53 bits per heavy atom. The molecule has 3 amide bonds. The third kappa shape index (κ3) is 4.63. The van der Waals surface area contributed by atoms with E-state index in [0.717, 1.165) is 24.0 Å². The number of imide groups is 1. The monoisotopic (exact) mass is 403 g/mol. The number of aryl methyl sites for hydroxylation is 1. The molecule has 1 heterocycles. The number of nitrogens with zero attached hydrogens (tertiary/aromatic N) is 1. The SMILES string of the molecule is Cc1ccc(-c2cc(C(=O)OCC(=O)NC(=O)NC3CC3)c3ccccc3n2)cc1. The third-order valence-corrected chi connectivity index (χ3v) is 4.78. The quantitative estimate of drug-likeness (QED) is 0.637. The van der Waals surface area contributed by atoms with Gasteiger partial charge in [0.2, 0.25) is 0 Å². The summed E-state index contributed by atoms with van der Waals surface area (Å²) in [5.41, 5.74) is 3.59. The van der Waals surface area contributed by atoms with E-state index in [9.17, 15) is 14.4 Å². The Kier molecular flexibility index (Phi) is 5.43. The molecule has 0 spiro atoms. The van der Waals surface area contributed by atoms with Crippen molar-refractivity contribution in [3.8, 4) is 11.3 Å². The molecule has 1 fully saturated rings. The van der Waals surface area contributed by atoms with E-state index in [-0.39, 0.29) is 6.04 Å². The predicted octanol–water partition coefficient (Wildman–Crippen LogP) is 3.36. The first-order valence-electron chi connectivity index (χ1n) is 9.74. The van der Waals surface area contributed by atoms with Gasteiger partial charge in [-0.2, -0.15) is 0 Å². The smallest absolute Gasteiger partial charge is 0.339 e. The first-order valence-corrected chi connectivity index (χ1v) is 9.74.